The van der Waals surface area contributed by atoms with Crippen LogP contribution in [0.4, 0.5) is 5.69 Å². The van der Waals surface area contributed by atoms with Crippen molar-refractivity contribution in [3.8, 4) is 0 Å². The zero-order valence-electron chi connectivity index (χ0n) is 29.5. The summed E-state index contributed by atoms with van der Waals surface area (Å²) in [5.41, 5.74) is 0.841. The molecule has 3 N–H and O–H groups in total. The van der Waals surface area contributed by atoms with Crippen molar-refractivity contribution >= 4 is 11.6 Å². The van der Waals surface area contributed by atoms with Crippen molar-refractivity contribution in [3.05, 3.63) is 30.3 Å². The lowest BCUT2D eigenvalue weighted by atomic mass is 9.78. The molecule has 3 saturated heterocycles. The van der Waals surface area contributed by atoms with E-state index >= 15 is 0 Å². The average molecular weight is 638 g/mol. The molecule has 1 aliphatic carbocycles. The molecule has 0 unspecified atom stereocenters. The van der Waals surface area contributed by atoms with Crippen LogP contribution < -0.4 is 20.9 Å². The van der Waals surface area contributed by atoms with Crippen LogP contribution in [0.1, 0.15) is 90.9 Å². The van der Waals surface area contributed by atoms with Crippen LogP contribution in [0.3, 0.4) is 0 Å². The molecule has 3 heterocycles. The second-order valence-corrected chi connectivity index (χ2v) is 15.1. The highest BCUT2D eigenvalue weighted by molar-refractivity contribution is 5.93. The Kier molecular flexibility index (Phi) is 14.5. The normalized spacial score (nSPS) is 26.5. The Bertz CT molecular complexity index is 976. The first kappa shape index (κ1) is 35.6. The maximum absolute atomic E-state index is 14.2. The highest BCUT2D eigenvalue weighted by atomic mass is 16.2. The molecule has 4 aliphatic rings. The Balaban J connectivity index is 1.07. The van der Waals surface area contributed by atoms with E-state index in [1.165, 1.54) is 76.6 Å². The summed E-state index contributed by atoms with van der Waals surface area (Å²) in [4.78, 5) is 24.3. The lowest BCUT2D eigenvalue weighted by Gasteiger charge is -2.47. The molecule has 5 rings (SSSR count). The molecular formula is C38H67N7O. The first-order valence-corrected chi connectivity index (χ1v) is 19.3. The highest BCUT2D eigenvalue weighted by Crippen LogP contribution is 2.41. The number of likely N-dealkylation sites (tertiary alicyclic amines) is 1. The summed E-state index contributed by atoms with van der Waals surface area (Å²) in [6.45, 7) is 18.6. The van der Waals surface area contributed by atoms with Crippen molar-refractivity contribution in [1.82, 2.24) is 30.7 Å². The lowest BCUT2D eigenvalue weighted by Crippen LogP contribution is -2.58. The summed E-state index contributed by atoms with van der Waals surface area (Å²) in [7, 11) is 0. The van der Waals surface area contributed by atoms with Crippen LogP contribution in [0, 0.1) is 11.8 Å². The third-order valence-corrected chi connectivity index (χ3v) is 11.7. The molecule has 3 aliphatic heterocycles. The fraction of sp³-hybridized carbons (Fsp3) is 0.816. The van der Waals surface area contributed by atoms with Gasteiger partial charge in [0.25, 0.3) is 0 Å². The van der Waals surface area contributed by atoms with Crippen LogP contribution in [0.5, 0.6) is 0 Å². The van der Waals surface area contributed by atoms with Crippen LogP contribution in [0.25, 0.3) is 0 Å². The van der Waals surface area contributed by atoms with Crippen molar-refractivity contribution in [3.63, 3.8) is 0 Å². The molecular weight excluding hydrogens is 570 g/mol. The standard InChI is InChI=1S/C38H67N7O/c1-33(2)34-14-16-35(17-15-34)43-29-18-38(19-30-43)37(46)44(32-45(38)36-12-6-5-7-13-36)28-9-4-3-8-26-42-27-11-22-40-24-23-39-20-10-21-41-25-31-42/h5-7,12-13,33-35,39-41H,3-4,8-11,14-32H2,1-2H3/t34-,35+. The predicted molar refractivity (Wildman–Crippen MR) is 192 cm³/mol. The molecule has 8 nitrogen and oxygen atoms in total. The predicted octanol–water partition coefficient (Wildman–Crippen LogP) is 4.77. The van der Waals surface area contributed by atoms with Crippen molar-refractivity contribution in [1.29, 1.82) is 0 Å². The monoisotopic (exact) mass is 638 g/mol. The molecule has 0 bridgehead atoms. The maximum atomic E-state index is 14.2. The van der Waals surface area contributed by atoms with Crippen molar-refractivity contribution in [2.24, 2.45) is 11.8 Å². The van der Waals surface area contributed by atoms with Gasteiger partial charge in [0.2, 0.25) is 5.91 Å². The molecule has 0 radical (unpaired) electrons. The second kappa shape index (κ2) is 18.7. The zero-order valence-corrected chi connectivity index (χ0v) is 29.5. The molecule has 1 aromatic rings. The van der Waals surface area contributed by atoms with E-state index in [1.807, 2.05) is 0 Å². The Morgan fingerprint density at radius 2 is 1.39 bits per heavy atom. The van der Waals surface area contributed by atoms with Gasteiger partial charge >= 0.3 is 0 Å². The minimum absolute atomic E-state index is 0.370. The third-order valence-electron chi connectivity index (χ3n) is 11.7. The topological polar surface area (TPSA) is 66.1 Å². The molecule has 1 amide bonds. The number of nitrogens with one attached hydrogen (secondary N) is 3. The fourth-order valence-electron chi connectivity index (χ4n) is 8.65. The average Bonchev–Trinajstić information content (AvgIpc) is 3.34. The molecule has 0 atom stereocenters. The number of unbranched alkanes of at least 4 members (excludes halogenated alkanes) is 3. The zero-order chi connectivity index (χ0) is 32.0. The van der Waals surface area contributed by atoms with E-state index in [9.17, 15) is 4.79 Å². The van der Waals surface area contributed by atoms with Gasteiger partial charge < -0.3 is 35.6 Å². The second-order valence-electron chi connectivity index (χ2n) is 15.1. The van der Waals surface area contributed by atoms with E-state index in [0.29, 0.717) is 11.9 Å². The number of hydrogen-bond acceptors (Lipinski definition) is 7. The van der Waals surface area contributed by atoms with Crippen molar-refractivity contribution < 1.29 is 4.79 Å². The minimum Gasteiger partial charge on any atom is -0.339 e. The van der Waals surface area contributed by atoms with Crippen LogP contribution in [-0.2, 0) is 4.79 Å². The Hall–Kier alpha value is -1.71. The molecule has 4 fully saturated rings. The number of amides is 1. The van der Waals surface area contributed by atoms with Gasteiger partial charge in [0.05, 0.1) is 6.67 Å². The van der Waals surface area contributed by atoms with Crippen LogP contribution in [-0.4, -0.2) is 117 Å². The van der Waals surface area contributed by atoms with Gasteiger partial charge in [-0.2, -0.15) is 0 Å². The number of nitrogens with zero attached hydrogens (tertiary/aromatic N) is 4. The summed E-state index contributed by atoms with van der Waals surface area (Å²) in [6, 6.07) is 11.5. The number of piperidine rings is 1. The van der Waals surface area contributed by atoms with Gasteiger partial charge in [-0.25, -0.2) is 0 Å². The van der Waals surface area contributed by atoms with E-state index in [2.05, 4.69) is 79.7 Å². The largest absolute Gasteiger partial charge is 0.339 e. The van der Waals surface area contributed by atoms with Crippen LogP contribution in [0.15, 0.2) is 30.3 Å². The van der Waals surface area contributed by atoms with E-state index in [1.54, 1.807) is 0 Å². The number of benzene rings is 1. The summed E-state index contributed by atoms with van der Waals surface area (Å²) in [6.07, 6.45) is 14.5. The van der Waals surface area contributed by atoms with Crippen molar-refractivity contribution in [2.75, 3.05) is 90.1 Å². The van der Waals surface area contributed by atoms with Crippen molar-refractivity contribution in [2.45, 2.75) is 102 Å². The van der Waals surface area contributed by atoms with E-state index in [4.69, 9.17) is 0 Å². The molecule has 1 aromatic carbocycles. The molecule has 46 heavy (non-hydrogen) atoms. The SMILES string of the molecule is CC(C)[C@H]1CC[C@@H](N2CCC3(CC2)C(=O)N(CCCCCCN2CCCNCCNCCCNCC2)CN3c2ccccc2)CC1. The first-order valence-electron chi connectivity index (χ1n) is 19.3. The summed E-state index contributed by atoms with van der Waals surface area (Å²) >= 11 is 0. The number of anilines is 1. The summed E-state index contributed by atoms with van der Waals surface area (Å²) < 4.78 is 0. The van der Waals surface area contributed by atoms with E-state index in [-0.39, 0.29) is 5.54 Å². The van der Waals surface area contributed by atoms with Gasteiger partial charge in [0, 0.05) is 57.5 Å². The van der Waals surface area contributed by atoms with Gasteiger partial charge in [0.15, 0.2) is 0 Å². The van der Waals surface area contributed by atoms with Gasteiger partial charge in [-0.05, 0) is 121 Å². The number of rotatable bonds is 10. The molecule has 1 spiro atoms. The smallest absolute Gasteiger partial charge is 0.250 e. The molecule has 260 valence electrons. The Morgan fingerprint density at radius 1 is 0.739 bits per heavy atom. The van der Waals surface area contributed by atoms with E-state index < -0.39 is 0 Å². The number of hydrogen-bond donors (Lipinski definition) is 3. The highest BCUT2D eigenvalue weighted by Gasteiger charge is 2.54. The van der Waals surface area contributed by atoms with Gasteiger partial charge in [-0.15, -0.1) is 0 Å². The number of para-hydroxylation sites is 1. The maximum Gasteiger partial charge on any atom is 0.250 e. The summed E-state index contributed by atoms with van der Waals surface area (Å²) in [5, 5.41) is 10.7. The fourth-order valence-corrected chi connectivity index (χ4v) is 8.65. The van der Waals surface area contributed by atoms with Gasteiger partial charge in [-0.1, -0.05) is 44.9 Å². The van der Waals surface area contributed by atoms with Gasteiger partial charge in [-0.3, -0.25) is 4.79 Å². The number of carbonyl (C=O) groups excluding carboxylic acids is 1. The van der Waals surface area contributed by atoms with Crippen LogP contribution >= 0.6 is 0 Å². The Labute approximate surface area is 281 Å². The minimum atomic E-state index is -0.370. The van der Waals surface area contributed by atoms with Gasteiger partial charge in [0.1, 0.15) is 5.54 Å². The summed E-state index contributed by atoms with van der Waals surface area (Å²) in [5.74, 6) is 2.10. The number of carbonyl (C=O) groups is 1. The third kappa shape index (κ3) is 9.91. The molecule has 0 aromatic heterocycles. The van der Waals surface area contributed by atoms with E-state index in [0.717, 1.165) is 103 Å². The lowest BCUT2D eigenvalue weighted by molar-refractivity contribution is -0.134. The first-order chi connectivity index (χ1) is 22.6. The molecule has 1 saturated carbocycles. The van der Waals surface area contributed by atoms with Crippen LogP contribution in [0.2, 0.25) is 0 Å². The Morgan fingerprint density at radius 3 is 2.09 bits per heavy atom. The quantitative estimate of drug-likeness (QED) is 0.320. The molecule has 8 heteroatoms.